The van der Waals surface area contributed by atoms with Gasteiger partial charge in [-0.25, -0.2) is 0 Å². The lowest BCUT2D eigenvalue weighted by atomic mass is 10.0. The van der Waals surface area contributed by atoms with Crippen molar-refractivity contribution in [3.05, 3.63) is 16.9 Å². The van der Waals surface area contributed by atoms with Crippen LogP contribution in [0, 0.1) is 0 Å². The van der Waals surface area contributed by atoms with Crippen LogP contribution in [0.1, 0.15) is 25.0 Å². The molecule has 2 heterocycles. The van der Waals surface area contributed by atoms with Crippen molar-refractivity contribution in [2.75, 3.05) is 12.3 Å². The average Bonchev–Trinajstić information content (AvgIpc) is 2.25. The molecule has 0 saturated carbocycles. The highest BCUT2D eigenvalue weighted by atomic mass is 35.5. The number of aromatic nitrogens is 2. The van der Waals surface area contributed by atoms with Crippen LogP contribution in [0.2, 0.25) is 5.15 Å². The molecule has 2 rings (SSSR count). The summed E-state index contributed by atoms with van der Waals surface area (Å²) in [6.07, 6.45) is 4.50. The fourth-order valence-corrected chi connectivity index (χ4v) is 1.83. The van der Waals surface area contributed by atoms with Crippen LogP contribution >= 0.6 is 11.6 Å². The predicted octanol–water partition coefficient (Wildman–Crippen LogP) is 1.82. The SMILES string of the molecule is Nc1cc(CC2CCCCO2)nnc1Cl. The van der Waals surface area contributed by atoms with E-state index in [1.807, 2.05) is 0 Å². The van der Waals surface area contributed by atoms with E-state index in [0.29, 0.717) is 5.69 Å². The Morgan fingerprint density at radius 2 is 2.33 bits per heavy atom. The summed E-state index contributed by atoms with van der Waals surface area (Å²) in [7, 11) is 0. The minimum absolute atomic E-state index is 0.258. The van der Waals surface area contributed by atoms with Gasteiger partial charge in [0.05, 0.1) is 17.5 Å². The molecule has 5 heteroatoms. The minimum Gasteiger partial charge on any atom is -0.396 e. The van der Waals surface area contributed by atoms with E-state index in [2.05, 4.69) is 10.2 Å². The van der Waals surface area contributed by atoms with E-state index in [4.69, 9.17) is 22.1 Å². The van der Waals surface area contributed by atoms with Gasteiger partial charge in [-0.1, -0.05) is 11.6 Å². The fraction of sp³-hybridized carbons (Fsp3) is 0.600. The summed E-state index contributed by atoms with van der Waals surface area (Å²) in [5.41, 5.74) is 6.99. The van der Waals surface area contributed by atoms with Crippen molar-refractivity contribution in [1.82, 2.24) is 10.2 Å². The molecule has 1 aliphatic rings. The van der Waals surface area contributed by atoms with Gasteiger partial charge < -0.3 is 10.5 Å². The molecule has 0 aromatic carbocycles. The minimum atomic E-state index is 0.258. The number of nitrogens with two attached hydrogens (primary N) is 1. The first kappa shape index (κ1) is 10.6. The average molecular weight is 228 g/mol. The van der Waals surface area contributed by atoms with E-state index in [1.165, 1.54) is 6.42 Å². The number of rotatable bonds is 2. The highest BCUT2D eigenvalue weighted by Crippen LogP contribution is 2.19. The Morgan fingerprint density at radius 1 is 1.47 bits per heavy atom. The predicted molar refractivity (Wildman–Crippen MR) is 58.7 cm³/mol. The summed E-state index contributed by atoms with van der Waals surface area (Å²) in [6, 6.07) is 1.77. The Bertz CT molecular complexity index is 339. The molecule has 82 valence electrons. The molecule has 1 aromatic heterocycles. The van der Waals surface area contributed by atoms with Crippen molar-refractivity contribution < 1.29 is 4.74 Å². The van der Waals surface area contributed by atoms with Crippen molar-refractivity contribution >= 4 is 17.3 Å². The zero-order valence-corrected chi connectivity index (χ0v) is 9.20. The van der Waals surface area contributed by atoms with Crippen molar-refractivity contribution in [1.29, 1.82) is 0 Å². The first-order valence-electron chi connectivity index (χ1n) is 5.15. The van der Waals surface area contributed by atoms with Gasteiger partial charge in [-0.2, -0.15) is 5.10 Å². The van der Waals surface area contributed by atoms with Gasteiger partial charge in [-0.05, 0) is 25.3 Å². The standard InChI is InChI=1S/C10H14ClN3O/c11-10-9(12)6-7(13-14-10)5-8-3-1-2-4-15-8/h6,8H,1-5H2,(H2,12,13). The Kier molecular flexibility index (Phi) is 3.38. The van der Waals surface area contributed by atoms with Gasteiger partial charge in [-0.15, -0.1) is 5.10 Å². The first-order chi connectivity index (χ1) is 7.25. The number of anilines is 1. The van der Waals surface area contributed by atoms with Crippen LogP contribution in [0.5, 0.6) is 0 Å². The molecule has 15 heavy (non-hydrogen) atoms. The smallest absolute Gasteiger partial charge is 0.174 e. The van der Waals surface area contributed by atoms with E-state index in [9.17, 15) is 0 Å². The van der Waals surface area contributed by atoms with E-state index in [1.54, 1.807) is 6.07 Å². The molecule has 0 bridgehead atoms. The molecule has 0 radical (unpaired) electrons. The van der Waals surface area contributed by atoms with Crippen molar-refractivity contribution in [2.24, 2.45) is 0 Å². The number of hydrogen-bond donors (Lipinski definition) is 1. The van der Waals surface area contributed by atoms with Gasteiger partial charge in [-0.3, -0.25) is 0 Å². The van der Waals surface area contributed by atoms with Gasteiger partial charge >= 0.3 is 0 Å². The lowest BCUT2D eigenvalue weighted by Gasteiger charge is -2.21. The van der Waals surface area contributed by atoms with Crippen LogP contribution in [0.3, 0.4) is 0 Å². The van der Waals surface area contributed by atoms with E-state index in [-0.39, 0.29) is 11.3 Å². The number of ether oxygens (including phenoxy) is 1. The molecule has 1 aliphatic heterocycles. The molecule has 1 saturated heterocycles. The topological polar surface area (TPSA) is 61.0 Å². The largest absolute Gasteiger partial charge is 0.396 e. The van der Waals surface area contributed by atoms with Gasteiger partial charge in [0.15, 0.2) is 5.15 Å². The van der Waals surface area contributed by atoms with E-state index in [0.717, 1.165) is 31.6 Å². The molecule has 0 aliphatic carbocycles. The fourth-order valence-electron chi connectivity index (χ4n) is 1.74. The third-order valence-electron chi connectivity index (χ3n) is 2.54. The Hall–Kier alpha value is -0.870. The molecule has 2 N–H and O–H groups in total. The third-order valence-corrected chi connectivity index (χ3v) is 2.83. The summed E-state index contributed by atoms with van der Waals surface area (Å²) in [6.45, 7) is 0.848. The number of nitrogens with zero attached hydrogens (tertiary/aromatic N) is 2. The van der Waals surface area contributed by atoms with Gasteiger partial charge in [0.25, 0.3) is 0 Å². The Balaban J connectivity index is 2.00. The Morgan fingerprint density at radius 3 is 3.00 bits per heavy atom. The number of nitrogen functional groups attached to an aromatic ring is 1. The molecule has 1 aromatic rings. The zero-order valence-electron chi connectivity index (χ0n) is 8.45. The van der Waals surface area contributed by atoms with Crippen molar-refractivity contribution in [2.45, 2.75) is 31.8 Å². The highest BCUT2D eigenvalue weighted by molar-refractivity contribution is 6.31. The Labute approximate surface area is 93.8 Å². The third kappa shape index (κ3) is 2.79. The first-order valence-corrected chi connectivity index (χ1v) is 5.52. The molecular weight excluding hydrogens is 214 g/mol. The zero-order chi connectivity index (χ0) is 10.7. The second-order valence-corrected chi connectivity index (χ2v) is 4.13. The van der Waals surface area contributed by atoms with E-state index >= 15 is 0 Å². The van der Waals surface area contributed by atoms with Crippen LogP contribution < -0.4 is 5.73 Å². The van der Waals surface area contributed by atoms with Crippen molar-refractivity contribution in [3.8, 4) is 0 Å². The molecule has 4 nitrogen and oxygen atoms in total. The van der Waals surface area contributed by atoms with Crippen LogP contribution in [0.25, 0.3) is 0 Å². The maximum Gasteiger partial charge on any atom is 0.174 e. The van der Waals surface area contributed by atoms with Crippen LogP contribution in [-0.4, -0.2) is 22.9 Å². The summed E-state index contributed by atoms with van der Waals surface area (Å²) in [4.78, 5) is 0. The van der Waals surface area contributed by atoms with Crippen molar-refractivity contribution in [3.63, 3.8) is 0 Å². The lowest BCUT2D eigenvalue weighted by molar-refractivity contribution is 0.0161. The molecular formula is C10H14ClN3O. The lowest BCUT2D eigenvalue weighted by Crippen LogP contribution is -2.22. The maximum absolute atomic E-state index is 5.69. The maximum atomic E-state index is 5.69. The van der Waals surface area contributed by atoms with Crippen LogP contribution in [0.4, 0.5) is 5.69 Å². The highest BCUT2D eigenvalue weighted by Gasteiger charge is 2.15. The monoisotopic (exact) mass is 227 g/mol. The number of hydrogen-bond acceptors (Lipinski definition) is 4. The van der Waals surface area contributed by atoms with Crippen LogP contribution in [0.15, 0.2) is 6.07 Å². The summed E-state index contributed by atoms with van der Waals surface area (Å²) in [5, 5.41) is 8.04. The summed E-state index contributed by atoms with van der Waals surface area (Å²) in [5.74, 6) is 0. The van der Waals surface area contributed by atoms with Gasteiger partial charge in [0.1, 0.15) is 0 Å². The van der Waals surface area contributed by atoms with Gasteiger partial charge in [0, 0.05) is 13.0 Å². The normalized spacial score (nSPS) is 21.5. The van der Waals surface area contributed by atoms with Crippen LogP contribution in [-0.2, 0) is 11.2 Å². The van der Waals surface area contributed by atoms with E-state index < -0.39 is 0 Å². The second-order valence-electron chi connectivity index (χ2n) is 3.77. The van der Waals surface area contributed by atoms with Gasteiger partial charge in [0.2, 0.25) is 0 Å². The molecule has 1 unspecified atom stereocenters. The molecule has 1 fully saturated rings. The second kappa shape index (κ2) is 4.77. The number of halogens is 1. The summed E-state index contributed by atoms with van der Waals surface area (Å²) < 4.78 is 5.61. The quantitative estimate of drug-likeness (QED) is 0.837. The summed E-state index contributed by atoms with van der Waals surface area (Å²) >= 11 is 5.69. The molecule has 0 spiro atoms. The molecule has 0 amide bonds. The molecule has 1 atom stereocenters.